The Hall–Kier alpha value is -4.10. The second-order valence-electron chi connectivity index (χ2n) is 14.8. The first-order valence-electron chi connectivity index (χ1n) is 17.7. The van der Waals surface area contributed by atoms with Gasteiger partial charge < -0.3 is 4.57 Å². The molecule has 0 atom stereocenters. The fourth-order valence-electron chi connectivity index (χ4n) is 6.26. The summed E-state index contributed by atoms with van der Waals surface area (Å²) in [6, 6.07) is 26.2. The Morgan fingerprint density at radius 3 is 1.74 bits per heavy atom. The van der Waals surface area contributed by atoms with Crippen molar-refractivity contribution in [3.05, 3.63) is 126 Å². The van der Waals surface area contributed by atoms with Crippen LogP contribution >= 0.6 is 0 Å². The molecule has 0 aliphatic rings. The first-order valence-corrected chi connectivity index (χ1v) is 15.2. The molecule has 0 saturated heterocycles. The summed E-state index contributed by atoms with van der Waals surface area (Å²) in [6.45, 7) is 20.3. The van der Waals surface area contributed by atoms with Crippen LogP contribution in [0.2, 0.25) is 0 Å². The highest BCUT2D eigenvalue weighted by Crippen LogP contribution is 2.44. The lowest BCUT2D eigenvalue weighted by molar-refractivity contribution is 0.568. The zero-order chi connectivity index (χ0) is 35.1. The van der Waals surface area contributed by atoms with E-state index in [4.69, 9.17) is 6.85 Å². The lowest BCUT2D eigenvalue weighted by Crippen LogP contribution is -2.19. The van der Waals surface area contributed by atoms with Gasteiger partial charge in [0, 0.05) is 16.3 Å². The summed E-state index contributed by atoms with van der Waals surface area (Å²) in [5, 5.41) is 2.00. The second kappa shape index (κ2) is 10.3. The fraction of sp³-hybridized carbons (Fsp3) is 0.286. The number of benzene rings is 5. The Bertz CT molecular complexity index is 2180. The number of nitrogens with zero attached hydrogens (tertiary/aromatic N) is 1. The first kappa shape index (κ1) is 23.4. The molecule has 43 heavy (non-hydrogen) atoms. The zero-order valence-electron chi connectivity index (χ0n) is 32.0. The van der Waals surface area contributed by atoms with E-state index in [1.807, 2.05) is 24.3 Å². The normalized spacial score (nSPS) is 14.4. The van der Waals surface area contributed by atoms with Crippen LogP contribution in [-0.4, -0.2) is 4.57 Å². The van der Waals surface area contributed by atoms with E-state index in [-0.39, 0.29) is 46.0 Å². The van der Waals surface area contributed by atoms with E-state index >= 15 is 0 Å². The first-order chi connectivity index (χ1) is 22.3. The third kappa shape index (κ3) is 5.20. The molecule has 6 rings (SSSR count). The van der Waals surface area contributed by atoms with E-state index in [1.54, 1.807) is 0 Å². The van der Waals surface area contributed by atoms with E-state index in [2.05, 4.69) is 121 Å². The molecule has 1 heterocycles. The zero-order valence-corrected chi connectivity index (χ0v) is 27.0. The molecule has 0 saturated carbocycles. The summed E-state index contributed by atoms with van der Waals surface area (Å²) < 4.78 is 45.2. The SMILES string of the molecule is [2H]c1c([2H])c([2H])c(-c2cccc3c4ccccc4n(-c4cccc(-c5cc(C(C)(C)C)cc(C(C)(C)C)c5)c4C(C)(C)C)c23)c([2H])c1[2H]. The van der Waals surface area contributed by atoms with Crippen LogP contribution in [0.4, 0.5) is 0 Å². The lowest BCUT2D eigenvalue weighted by Gasteiger charge is -2.30. The summed E-state index contributed by atoms with van der Waals surface area (Å²) in [7, 11) is 0. The minimum absolute atomic E-state index is 0.0405. The van der Waals surface area contributed by atoms with Crippen LogP contribution in [-0.2, 0) is 16.2 Å². The van der Waals surface area contributed by atoms with Gasteiger partial charge in [-0.05, 0) is 61.8 Å². The topological polar surface area (TPSA) is 4.93 Å². The van der Waals surface area contributed by atoms with Gasteiger partial charge in [0.2, 0.25) is 0 Å². The predicted molar refractivity (Wildman–Crippen MR) is 188 cm³/mol. The van der Waals surface area contributed by atoms with Crippen LogP contribution in [0.15, 0.2) is 109 Å². The Morgan fingerprint density at radius 2 is 1.12 bits per heavy atom. The van der Waals surface area contributed by atoms with Gasteiger partial charge in [0.25, 0.3) is 0 Å². The maximum Gasteiger partial charge on any atom is 0.0629 e. The maximum atomic E-state index is 8.90. The van der Waals surface area contributed by atoms with Gasteiger partial charge >= 0.3 is 0 Å². The van der Waals surface area contributed by atoms with Gasteiger partial charge in [-0.25, -0.2) is 0 Å². The number of hydrogen-bond donors (Lipinski definition) is 0. The fourth-order valence-corrected chi connectivity index (χ4v) is 6.26. The van der Waals surface area contributed by atoms with Gasteiger partial charge in [0.1, 0.15) is 0 Å². The molecule has 0 N–H and O–H groups in total. The van der Waals surface area contributed by atoms with Gasteiger partial charge in [-0.15, -0.1) is 0 Å². The van der Waals surface area contributed by atoms with Crippen molar-refractivity contribution in [2.45, 2.75) is 78.6 Å². The van der Waals surface area contributed by atoms with Crippen molar-refractivity contribution in [1.29, 1.82) is 0 Å². The number of fused-ring (bicyclic) bond motifs is 3. The largest absolute Gasteiger partial charge is 0.308 e. The number of aromatic nitrogens is 1. The third-order valence-electron chi connectivity index (χ3n) is 8.47. The molecule has 5 aromatic carbocycles. The predicted octanol–water partition coefficient (Wildman–Crippen LogP) is 12.0. The summed E-state index contributed by atoms with van der Waals surface area (Å²) >= 11 is 0. The van der Waals surface area contributed by atoms with E-state index in [0.29, 0.717) is 5.56 Å². The molecule has 218 valence electrons. The molecule has 0 bridgehead atoms. The molecule has 6 aromatic rings. The third-order valence-corrected chi connectivity index (χ3v) is 8.47. The minimum atomic E-state index is -0.392. The Kier molecular flexibility index (Phi) is 5.58. The smallest absolute Gasteiger partial charge is 0.0629 e. The highest BCUT2D eigenvalue weighted by Gasteiger charge is 2.28. The van der Waals surface area contributed by atoms with Gasteiger partial charge in [-0.2, -0.15) is 0 Å². The average molecular weight is 569 g/mol. The van der Waals surface area contributed by atoms with Crippen molar-refractivity contribution in [2.75, 3.05) is 0 Å². The van der Waals surface area contributed by atoms with E-state index < -0.39 is 6.04 Å². The van der Waals surface area contributed by atoms with Crippen LogP contribution in [0.25, 0.3) is 49.7 Å². The van der Waals surface area contributed by atoms with Crippen molar-refractivity contribution in [2.24, 2.45) is 0 Å². The number of hydrogen-bond acceptors (Lipinski definition) is 0. The van der Waals surface area contributed by atoms with Gasteiger partial charge in [-0.1, -0.05) is 159 Å². The monoisotopic (exact) mass is 568 g/mol. The molecule has 0 amide bonds. The molecule has 0 unspecified atom stereocenters. The number of para-hydroxylation sites is 2. The van der Waals surface area contributed by atoms with Crippen molar-refractivity contribution in [1.82, 2.24) is 4.57 Å². The molecule has 0 fully saturated rings. The van der Waals surface area contributed by atoms with Crippen LogP contribution in [0, 0.1) is 0 Å². The minimum Gasteiger partial charge on any atom is -0.308 e. The summed E-state index contributed by atoms with van der Waals surface area (Å²) in [5.74, 6) is 0. The summed E-state index contributed by atoms with van der Waals surface area (Å²) in [5.41, 5.74) is 9.34. The van der Waals surface area contributed by atoms with Crippen molar-refractivity contribution in [3.8, 4) is 27.9 Å². The molecule has 0 aliphatic carbocycles. The highest BCUT2D eigenvalue weighted by atomic mass is 15.0. The van der Waals surface area contributed by atoms with Gasteiger partial charge in [0.05, 0.1) is 23.6 Å². The van der Waals surface area contributed by atoms with Crippen molar-refractivity contribution in [3.63, 3.8) is 0 Å². The Morgan fingerprint density at radius 1 is 0.535 bits per heavy atom. The molecular weight excluding hydrogens is 518 g/mol. The van der Waals surface area contributed by atoms with Crippen molar-refractivity contribution < 1.29 is 6.85 Å². The van der Waals surface area contributed by atoms with Crippen LogP contribution in [0.3, 0.4) is 0 Å². The van der Waals surface area contributed by atoms with Crippen LogP contribution in [0.5, 0.6) is 0 Å². The average Bonchev–Trinajstić information content (AvgIpc) is 3.36. The molecular formula is C42H45N. The van der Waals surface area contributed by atoms with E-state index in [1.165, 1.54) is 22.3 Å². The molecule has 0 radical (unpaired) electrons. The van der Waals surface area contributed by atoms with Crippen LogP contribution < -0.4 is 0 Å². The molecule has 1 heteroatoms. The standard InChI is InChI=1S/C42H45N/c1-40(2,3)30-25-29(26-31(27-30)41(4,5)6)32-20-16-24-37(38(32)42(7,8)9)43-36-23-14-13-19-34(36)35-22-15-21-33(39(35)43)28-17-11-10-12-18-28/h10-27H,1-9H3/i10D,11D,12D,17D,18D. The Balaban J connectivity index is 1.79. The van der Waals surface area contributed by atoms with Gasteiger partial charge in [0.15, 0.2) is 0 Å². The van der Waals surface area contributed by atoms with E-state index in [0.717, 1.165) is 33.1 Å². The second-order valence-corrected chi connectivity index (χ2v) is 14.8. The molecule has 0 aliphatic heterocycles. The highest BCUT2D eigenvalue weighted by molar-refractivity contribution is 6.14. The molecule has 0 spiro atoms. The molecule has 1 aromatic heterocycles. The van der Waals surface area contributed by atoms with Crippen molar-refractivity contribution >= 4 is 21.8 Å². The molecule has 1 nitrogen and oxygen atoms in total. The van der Waals surface area contributed by atoms with Crippen LogP contribution in [0.1, 0.15) is 85.9 Å². The van der Waals surface area contributed by atoms with Gasteiger partial charge in [-0.3, -0.25) is 0 Å². The lowest BCUT2D eigenvalue weighted by atomic mass is 9.76. The Labute approximate surface area is 265 Å². The summed E-state index contributed by atoms with van der Waals surface area (Å²) in [6.07, 6.45) is 0. The van der Waals surface area contributed by atoms with E-state index in [9.17, 15) is 0 Å². The summed E-state index contributed by atoms with van der Waals surface area (Å²) in [4.78, 5) is 0. The maximum absolute atomic E-state index is 8.90. The quantitative estimate of drug-likeness (QED) is 0.200. The number of rotatable bonds is 3.